The Morgan fingerprint density at radius 3 is 2.70 bits per heavy atom. The minimum absolute atomic E-state index is 0.187. The summed E-state index contributed by atoms with van der Waals surface area (Å²) in [6, 6.07) is 8.34. The molecular weight excluding hydrogens is 306 g/mol. The zero-order valence-electron chi connectivity index (χ0n) is 14.0. The number of thiazole rings is 1. The van der Waals surface area contributed by atoms with Gasteiger partial charge in [-0.1, -0.05) is 26.0 Å². The van der Waals surface area contributed by atoms with Crippen molar-refractivity contribution in [2.24, 2.45) is 5.92 Å². The molecule has 0 bridgehead atoms. The second-order valence-corrected chi connectivity index (χ2v) is 7.34. The molecule has 1 unspecified atom stereocenters. The molecule has 0 aliphatic carbocycles. The molecule has 1 atom stereocenters. The van der Waals surface area contributed by atoms with Crippen LogP contribution in [-0.2, 0) is 6.54 Å². The lowest BCUT2D eigenvalue weighted by atomic mass is 10.0. The minimum atomic E-state index is 0.187. The number of nitrogens with zero attached hydrogens (tertiary/aromatic N) is 3. The van der Waals surface area contributed by atoms with Crippen molar-refractivity contribution in [1.29, 1.82) is 0 Å². The normalized spacial score (nSPS) is 12.9. The maximum atomic E-state index is 4.74. The molecule has 122 valence electrons. The molecule has 2 aromatic heterocycles. The first-order chi connectivity index (χ1) is 11.0. The molecule has 5 nitrogen and oxygen atoms in total. The number of anilines is 1. The van der Waals surface area contributed by atoms with Gasteiger partial charge in [-0.3, -0.25) is 0 Å². The largest absolute Gasteiger partial charge is 0.354 e. The number of H-pyrrole nitrogens is 1. The fourth-order valence-electron chi connectivity index (χ4n) is 2.56. The summed E-state index contributed by atoms with van der Waals surface area (Å²) in [4.78, 5) is 15.9. The third kappa shape index (κ3) is 3.54. The third-order valence-electron chi connectivity index (χ3n) is 3.79. The van der Waals surface area contributed by atoms with Gasteiger partial charge in [-0.2, -0.15) is 0 Å². The SMILES string of the molecule is CC(C)C(NCc1cnc(N(C)C)s1)c1nc2ccccc2[nH]1. The van der Waals surface area contributed by atoms with Gasteiger partial charge in [-0.15, -0.1) is 11.3 Å². The summed E-state index contributed by atoms with van der Waals surface area (Å²) in [5, 5.41) is 4.66. The van der Waals surface area contributed by atoms with E-state index >= 15 is 0 Å². The fraction of sp³-hybridized carbons (Fsp3) is 0.412. The highest BCUT2D eigenvalue weighted by Gasteiger charge is 2.19. The number of para-hydroxylation sites is 2. The molecule has 1 aromatic carbocycles. The average molecular weight is 329 g/mol. The standard InChI is InChI=1S/C17H23N5S/c1-11(2)15(16-20-13-7-5-6-8-14(13)21-16)18-9-12-10-19-17(23-12)22(3)4/h5-8,10-11,15,18H,9H2,1-4H3,(H,20,21). The van der Waals surface area contributed by atoms with E-state index in [0.29, 0.717) is 5.92 Å². The fourth-order valence-corrected chi connectivity index (χ4v) is 3.35. The highest BCUT2D eigenvalue weighted by Crippen LogP contribution is 2.25. The van der Waals surface area contributed by atoms with E-state index < -0.39 is 0 Å². The van der Waals surface area contributed by atoms with Gasteiger partial charge in [-0.05, 0) is 18.1 Å². The summed E-state index contributed by atoms with van der Waals surface area (Å²) in [7, 11) is 4.03. The summed E-state index contributed by atoms with van der Waals surface area (Å²) < 4.78 is 0. The van der Waals surface area contributed by atoms with Crippen molar-refractivity contribution < 1.29 is 0 Å². The predicted molar refractivity (Wildman–Crippen MR) is 97.0 cm³/mol. The first-order valence-electron chi connectivity index (χ1n) is 7.84. The highest BCUT2D eigenvalue weighted by molar-refractivity contribution is 7.15. The summed E-state index contributed by atoms with van der Waals surface area (Å²) in [5.74, 6) is 1.44. The molecular formula is C17H23N5S. The minimum Gasteiger partial charge on any atom is -0.354 e. The number of benzene rings is 1. The van der Waals surface area contributed by atoms with E-state index in [1.54, 1.807) is 11.3 Å². The number of imidazole rings is 1. The van der Waals surface area contributed by atoms with Crippen LogP contribution in [0.1, 0.15) is 30.6 Å². The third-order valence-corrected chi connectivity index (χ3v) is 4.95. The van der Waals surface area contributed by atoms with Crippen molar-refractivity contribution in [3.8, 4) is 0 Å². The second-order valence-electron chi connectivity index (χ2n) is 6.25. The van der Waals surface area contributed by atoms with Crippen LogP contribution in [0.4, 0.5) is 5.13 Å². The van der Waals surface area contributed by atoms with Crippen LogP contribution in [0.2, 0.25) is 0 Å². The zero-order valence-corrected chi connectivity index (χ0v) is 14.8. The van der Waals surface area contributed by atoms with Gasteiger partial charge >= 0.3 is 0 Å². The van der Waals surface area contributed by atoms with Gasteiger partial charge in [0.2, 0.25) is 0 Å². The molecule has 0 radical (unpaired) electrons. The maximum Gasteiger partial charge on any atom is 0.185 e. The number of hydrogen-bond acceptors (Lipinski definition) is 5. The van der Waals surface area contributed by atoms with Crippen LogP contribution < -0.4 is 10.2 Å². The van der Waals surface area contributed by atoms with Crippen molar-refractivity contribution in [2.45, 2.75) is 26.4 Å². The van der Waals surface area contributed by atoms with E-state index in [-0.39, 0.29) is 6.04 Å². The van der Waals surface area contributed by atoms with E-state index in [0.717, 1.165) is 28.5 Å². The topological polar surface area (TPSA) is 56.8 Å². The molecule has 2 heterocycles. The smallest absolute Gasteiger partial charge is 0.185 e. The summed E-state index contributed by atoms with van der Waals surface area (Å²) >= 11 is 1.72. The van der Waals surface area contributed by atoms with Crippen molar-refractivity contribution >= 4 is 27.5 Å². The van der Waals surface area contributed by atoms with Gasteiger partial charge in [0.1, 0.15) is 5.82 Å². The van der Waals surface area contributed by atoms with Crippen LogP contribution in [0, 0.1) is 5.92 Å². The highest BCUT2D eigenvalue weighted by atomic mass is 32.1. The maximum absolute atomic E-state index is 4.74. The molecule has 0 saturated heterocycles. The Kier molecular flexibility index (Phi) is 4.63. The average Bonchev–Trinajstić information content (AvgIpc) is 3.13. The molecule has 3 rings (SSSR count). The van der Waals surface area contributed by atoms with E-state index in [4.69, 9.17) is 4.98 Å². The number of aromatic nitrogens is 3. The lowest BCUT2D eigenvalue weighted by molar-refractivity contribution is 0.397. The number of fused-ring (bicyclic) bond motifs is 1. The number of rotatable bonds is 6. The van der Waals surface area contributed by atoms with Crippen LogP contribution in [0.15, 0.2) is 30.5 Å². The van der Waals surface area contributed by atoms with E-state index in [2.05, 4.69) is 35.2 Å². The lowest BCUT2D eigenvalue weighted by Gasteiger charge is -2.19. The Balaban J connectivity index is 1.76. The van der Waals surface area contributed by atoms with Crippen molar-refractivity contribution in [1.82, 2.24) is 20.3 Å². The summed E-state index contributed by atoms with van der Waals surface area (Å²) in [6.07, 6.45) is 1.95. The predicted octanol–water partition coefficient (Wildman–Crippen LogP) is 3.57. The Morgan fingerprint density at radius 2 is 2.04 bits per heavy atom. The van der Waals surface area contributed by atoms with E-state index in [1.165, 1.54) is 4.88 Å². The molecule has 2 N–H and O–H groups in total. The number of aromatic amines is 1. The number of nitrogens with one attached hydrogen (secondary N) is 2. The van der Waals surface area contributed by atoms with Gasteiger partial charge in [0.05, 0.1) is 17.1 Å². The molecule has 0 fully saturated rings. The van der Waals surface area contributed by atoms with Crippen LogP contribution in [-0.4, -0.2) is 29.0 Å². The van der Waals surface area contributed by atoms with Gasteiger partial charge in [-0.25, -0.2) is 9.97 Å². The van der Waals surface area contributed by atoms with Crippen LogP contribution in [0.3, 0.4) is 0 Å². The molecule has 0 spiro atoms. The van der Waals surface area contributed by atoms with E-state index in [9.17, 15) is 0 Å². The molecule has 23 heavy (non-hydrogen) atoms. The molecule has 0 saturated carbocycles. The Bertz CT molecular complexity index is 741. The van der Waals surface area contributed by atoms with Crippen LogP contribution in [0.5, 0.6) is 0 Å². The van der Waals surface area contributed by atoms with Gasteiger partial charge in [0, 0.05) is 31.7 Å². The Hall–Kier alpha value is -1.92. The van der Waals surface area contributed by atoms with Gasteiger partial charge in [0.15, 0.2) is 5.13 Å². The van der Waals surface area contributed by atoms with Crippen LogP contribution in [0.25, 0.3) is 11.0 Å². The first-order valence-corrected chi connectivity index (χ1v) is 8.66. The van der Waals surface area contributed by atoms with Crippen molar-refractivity contribution in [3.63, 3.8) is 0 Å². The lowest BCUT2D eigenvalue weighted by Crippen LogP contribution is -2.26. The molecule has 0 aliphatic rings. The van der Waals surface area contributed by atoms with Gasteiger partial charge < -0.3 is 15.2 Å². The van der Waals surface area contributed by atoms with E-state index in [1.807, 2.05) is 43.4 Å². The van der Waals surface area contributed by atoms with Crippen molar-refractivity contribution in [2.75, 3.05) is 19.0 Å². The monoisotopic (exact) mass is 329 g/mol. The zero-order chi connectivity index (χ0) is 16.4. The summed E-state index contributed by atoms with van der Waals surface area (Å²) in [6.45, 7) is 5.22. The van der Waals surface area contributed by atoms with Gasteiger partial charge in [0.25, 0.3) is 0 Å². The molecule has 6 heteroatoms. The van der Waals surface area contributed by atoms with Crippen LogP contribution >= 0.6 is 11.3 Å². The summed E-state index contributed by atoms with van der Waals surface area (Å²) in [5.41, 5.74) is 2.10. The number of hydrogen-bond donors (Lipinski definition) is 2. The Morgan fingerprint density at radius 1 is 1.26 bits per heavy atom. The van der Waals surface area contributed by atoms with Crippen molar-refractivity contribution in [3.05, 3.63) is 41.2 Å². The molecule has 0 aliphatic heterocycles. The first kappa shape index (κ1) is 16.0. The molecule has 3 aromatic rings. The quantitative estimate of drug-likeness (QED) is 0.726. The second kappa shape index (κ2) is 6.68. The molecule has 0 amide bonds. The Labute approximate surface area is 140 Å².